The first-order chi connectivity index (χ1) is 8.11. The molecule has 1 unspecified atom stereocenters. The van der Waals surface area contributed by atoms with Crippen molar-refractivity contribution >= 4 is 11.6 Å². The first-order valence-corrected chi connectivity index (χ1v) is 6.09. The highest BCUT2D eigenvalue weighted by molar-refractivity contribution is 5.93. The molecule has 2 heterocycles. The lowest BCUT2D eigenvalue weighted by Crippen LogP contribution is -2.53. The lowest BCUT2D eigenvalue weighted by Gasteiger charge is -2.39. The number of hydrogen-bond donors (Lipinski definition) is 2. The molecule has 0 radical (unpaired) electrons. The normalized spacial score (nSPS) is 21.8. The predicted octanol–water partition coefficient (Wildman–Crippen LogP) is 0.763. The Balaban J connectivity index is 2.02. The van der Waals surface area contributed by atoms with E-state index in [0.717, 1.165) is 26.2 Å². The second kappa shape index (κ2) is 4.79. The van der Waals surface area contributed by atoms with Crippen molar-refractivity contribution in [3.63, 3.8) is 0 Å². The van der Waals surface area contributed by atoms with Gasteiger partial charge in [-0.1, -0.05) is 6.92 Å². The second-order valence-electron chi connectivity index (χ2n) is 4.58. The fourth-order valence-corrected chi connectivity index (χ4v) is 2.35. The lowest BCUT2D eigenvalue weighted by atomic mass is 10.2. The topological polar surface area (TPSA) is 65.4 Å². The summed E-state index contributed by atoms with van der Waals surface area (Å²) in [5.74, 6) is 0.0457. The number of likely N-dealkylation sites (N-methyl/N-ethyl adjacent to an activating group) is 1. The van der Waals surface area contributed by atoms with Gasteiger partial charge in [-0.25, -0.2) is 0 Å². The first kappa shape index (κ1) is 12.0. The molecule has 1 atom stereocenters. The molecule has 1 aliphatic rings. The summed E-state index contributed by atoms with van der Waals surface area (Å²) in [7, 11) is 0. The molecular formula is C12H20N4O. The van der Waals surface area contributed by atoms with Crippen LogP contribution in [0, 0.1) is 0 Å². The van der Waals surface area contributed by atoms with Crippen LogP contribution in [-0.4, -0.2) is 52.9 Å². The maximum atomic E-state index is 12.2. The van der Waals surface area contributed by atoms with Gasteiger partial charge in [-0.2, -0.15) is 0 Å². The quantitative estimate of drug-likeness (QED) is 0.797. The molecule has 17 heavy (non-hydrogen) atoms. The van der Waals surface area contributed by atoms with E-state index in [1.165, 1.54) is 0 Å². The highest BCUT2D eigenvalue weighted by atomic mass is 16.2. The Morgan fingerprint density at radius 1 is 1.59 bits per heavy atom. The minimum Gasteiger partial charge on any atom is -0.397 e. The third-order valence-corrected chi connectivity index (χ3v) is 3.39. The smallest absolute Gasteiger partial charge is 0.270 e. The molecule has 2 rings (SSSR count). The summed E-state index contributed by atoms with van der Waals surface area (Å²) < 4.78 is 0. The number of carbonyl (C=O) groups is 1. The van der Waals surface area contributed by atoms with Crippen molar-refractivity contribution in [2.45, 2.75) is 19.9 Å². The molecule has 1 saturated heterocycles. The molecule has 1 aromatic heterocycles. The molecule has 5 heteroatoms. The Bertz CT molecular complexity index is 401. The van der Waals surface area contributed by atoms with Gasteiger partial charge < -0.3 is 15.6 Å². The molecule has 1 fully saturated rings. The zero-order chi connectivity index (χ0) is 12.4. The van der Waals surface area contributed by atoms with Gasteiger partial charge in [-0.3, -0.25) is 9.69 Å². The van der Waals surface area contributed by atoms with Crippen LogP contribution in [0.5, 0.6) is 0 Å². The molecule has 1 amide bonds. The fourth-order valence-electron chi connectivity index (χ4n) is 2.35. The Kier molecular flexibility index (Phi) is 3.38. The molecule has 5 nitrogen and oxygen atoms in total. The van der Waals surface area contributed by atoms with Gasteiger partial charge in [-0.05, 0) is 19.5 Å². The van der Waals surface area contributed by atoms with Gasteiger partial charge >= 0.3 is 0 Å². The summed E-state index contributed by atoms with van der Waals surface area (Å²) in [5, 5.41) is 0. The molecule has 1 aromatic rings. The van der Waals surface area contributed by atoms with Crippen LogP contribution in [0.2, 0.25) is 0 Å². The molecule has 94 valence electrons. The number of amides is 1. The lowest BCUT2D eigenvalue weighted by molar-refractivity contribution is 0.0523. The highest BCUT2D eigenvalue weighted by Crippen LogP contribution is 2.13. The SMILES string of the molecule is CCN1CCN(C(=O)c2cc(N)c[nH]2)CC1C. The van der Waals surface area contributed by atoms with Crippen molar-refractivity contribution in [1.29, 1.82) is 0 Å². The largest absolute Gasteiger partial charge is 0.397 e. The van der Waals surface area contributed by atoms with E-state index >= 15 is 0 Å². The molecule has 0 spiro atoms. The fraction of sp³-hybridized carbons (Fsp3) is 0.583. The number of aromatic nitrogens is 1. The number of hydrogen-bond acceptors (Lipinski definition) is 3. The van der Waals surface area contributed by atoms with E-state index in [0.29, 0.717) is 17.4 Å². The van der Waals surface area contributed by atoms with Gasteiger partial charge in [0.25, 0.3) is 5.91 Å². The average Bonchev–Trinajstić information content (AvgIpc) is 2.75. The molecule has 0 aliphatic carbocycles. The molecule has 3 N–H and O–H groups in total. The van der Waals surface area contributed by atoms with E-state index in [2.05, 4.69) is 23.7 Å². The number of rotatable bonds is 2. The molecule has 1 aliphatic heterocycles. The zero-order valence-corrected chi connectivity index (χ0v) is 10.4. The monoisotopic (exact) mass is 236 g/mol. The van der Waals surface area contributed by atoms with E-state index in [1.54, 1.807) is 12.3 Å². The Morgan fingerprint density at radius 3 is 2.88 bits per heavy atom. The van der Waals surface area contributed by atoms with Gasteiger partial charge in [0.05, 0.1) is 0 Å². The van der Waals surface area contributed by atoms with Crippen molar-refractivity contribution < 1.29 is 4.79 Å². The summed E-state index contributed by atoms with van der Waals surface area (Å²) >= 11 is 0. The van der Waals surface area contributed by atoms with E-state index in [9.17, 15) is 4.79 Å². The second-order valence-corrected chi connectivity index (χ2v) is 4.58. The maximum absolute atomic E-state index is 12.2. The maximum Gasteiger partial charge on any atom is 0.270 e. The number of aromatic amines is 1. The third-order valence-electron chi connectivity index (χ3n) is 3.39. The Labute approximate surface area is 102 Å². The first-order valence-electron chi connectivity index (χ1n) is 6.09. The number of nitrogens with one attached hydrogen (secondary N) is 1. The summed E-state index contributed by atoms with van der Waals surface area (Å²) in [6.45, 7) is 7.87. The van der Waals surface area contributed by atoms with E-state index in [-0.39, 0.29) is 5.91 Å². The van der Waals surface area contributed by atoms with Crippen LogP contribution >= 0.6 is 0 Å². The minimum absolute atomic E-state index is 0.0457. The van der Waals surface area contributed by atoms with Crippen LogP contribution in [0.25, 0.3) is 0 Å². The van der Waals surface area contributed by atoms with Crippen molar-refractivity contribution in [1.82, 2.24) is 14.8 Å². The van der Waals surface area contributed by atoms with Gasteiger partial charge in [0.1, 0.15) is 5.69 Å². The van der Waals surface area contributed by atoms with Gasteiger partial charge in [0.15, 0.2) is 0 Å². The summed E-state index contributed by atoms with van der Waals surface area (Å²) in [6.07, 6.45) is 1.65. The highest BCUT2D eigenvalue weighted by Gasteiger charge is 2.26. The number of piperazine rings is 1. The van der Waals surface area contributed by atoms with E-state index in [4.69, 9.17) is 5.73 Å². The average molecular weight is 236 g/mol. The van der Waals surface area contributed by atoms with Crippen LogP contribution in [0.15, 0.2) is 12.3 Å². The van der Waals surface area contributed by atoms with Crippen LogP contribution < -0.4 is 5.73 Å². The van der Waals surface area contributed by atoms with Crippen molar-refractivity contribution in [2.75, 3.05) is 31.9 Å². The third kappa shape index (κ3) is 2.44. The standard InChI is InChI=1S/C12H20N4O/c1-3-15-4-5-16(8-9(15)2)12(17)11-6-10(13)7-14-11/h6-7,9,14H,3-5,8,13H2,1-2H3. The van der Waals surface area contributed by atoms with Crippen LogP contribution in [0.4, 0.5) is 5.69 Å². The Morgan fingerprint density at radius 2 is 2.35 bits per heavy atom. The molecule has 0 bridgehead atoms. The Hall–Kier alpha value is -1.49. The van der Waals surface area contributed by atoms with Gasteiger partial charge in [0.2, 0.25) is 0 Å². The number of anilines is 1. The van der Waals surface area contributed by atoms with E-state index in [1.807, 2.05) is 4.90 Å². The summed E-state index contributed by atoms with van der Waals surface area (Å²) in [5.41, 5.74) is 6.79. The number of nitrogens with two attached hydrogens (primary N) is 1. The van der Waals surface area contributed by atoms with Crippen molar-refractivity contribution in [3.8, 4) is 0 Å². The van der Waals surface area contributed by atoms with Crippen LogP contribution in [0.3, 0.4) is 0 Å². The van der Waals surface area contributed by atoms with E-state index < -0.39 is 0 Å². The van der Waals surface area contributed by atoms with Crippen molar-refractivity contribution in [2.24, 2.45) is 0 Å². The zero-order valence-electron chi connectivity index (χ0n) is 10.4. The number of nitrogens with zero attached hydrogens (tertiary/aromatic N) is 2. The minimum atomic E-state index is 0.0457. The number of nitrogen functional groups attached to an aromatic ring is 1. The van der Waals surface area contributed by atoms with Crippen LogP contribution in [-0.2, 0) is 0 Å². The predicted molar refractivity (Wildman–Crippen MR) is 67.8 cm³/mol. The van der Waals surface area contributed by atoms with Gasteiger partial charge in [0, 0.05) is 37.6 Å². The van der Waals surface area contributed by atoms with Crippen molar-refractivity contribution in [3.05, 3.63) is 18.0 Å². The number of H-pyrrole nitrogens is 1. The molecule has 0 saturated carbocycles. The molecule has 0 aromatic carbocycles. The summed E-state index contributed by atoms with van der Waals surface area (Å²) in [6, 6.07) is 2.11. The van der Waals surface area contributed by atoms with Crippen LogP contribution in [0.1, 0.15) is 24.3 Å². The molecular weight excluding hydrogens is 216 g/mol. The van der Waals surface area contributed by atoms with Gasteiger partial charge in [-0.15, -0.1) is 0 Å². The summed E-state index contributed by atoms with van der Waals surface area (Å²) in [4.78, 5) is 19.4. The number of carbonyl (C=O) groups excluding carboxylic acids is 1.